The molecule has 1 atom stereocenters. The molecule has 100 valence electrons. The summed E-state index contributed by atoms with van der Waals surface area (Å²) in [6.45, 7) is -0.768. The number of hydrogen-bond donors (Lipinski definition) is 1. The van der Waals surface area contributed by atoms with Crippen LogP contribution in [0.15, 0.2) is 0 Å². The van der Waals surface area contributed by atoms with Crippen molar-refractivity contribution >= 4 is 11.9 Å². The second-order valence-corrected chi connectivity index (χ2v) is 3.37. The van der Waals surface area contributed by atoms with Gasteiger partial charge in [-0.1, -0.05) is 6.92 Å². The fraction of sp³-hybridized carbons (Fsp3) is 0.778. The number of likely N-dealkylation sites (N-methyl/N-ethyl adjacent to an activating group) is 1. The normalized spacial score (nSPS) is 13.2. The zero-order valence-corrected chi connectivity index (χ0v) is 9.45. The quantitative estimate of drug-likeness (QED) is 0.767. The third kappa shape index (κ3) is 6.10. The highest BCUT2D eigenvalue weighted by Crippen LogP contribution is 2.14. The molecule has 8 heteroatoms. The molecule has 17 heavy (non-hydrogen) atoms. The fourth-order valence-electron chi connectivity index (χ4n) is 1.14. The largest absolute Gasteiger partial charge is 0.480 e. The van der Waals surface area contributed by atoms with Crippen LogP contribution in [0.4, 0.5) is 13.2 Å². The number of carbonyl (C=O) groups is 2. The fourth-order valence-corrected chi connectivity index (χ4v) is 1.14. The molecule has 0 spiro atoms. The van der Waals surface area contributed by atoms with Crippen molar-refractivity contribution in [1.29, 1.82) is 0 Å². The summed E-state index contributed by atoms with van der Waals surface area (Å²) in [6.07, 6.45) is -4.34. The van der Waals surface area contributed by atoms with Gasteiger partial charge in [0.15, 0.2) is 0 Å². The highest BCUT2D eigenvalue weighted by Gasteiger charge is 2.29. The van der Waals surface area contributed by atoms with Gasteiger partial charge in [-0.25, -0.2) is 4.79 Å². The maximum absolute atomic E-state index is 11.7. The number of halogens is 3. The van der Waals surface area contributed by atoms with Gasteiger partial charge >= 0.3 is 12.1 Å². The van der Waals surface area contributed by atoms with Crippen LogP contribution in [0.5, 0.6) is 0 Å². The van der Waals surface area contributed by atoms with Gasteiger partial charge in [0, 0.05) is 7.05 Å². The van der Waals surface area contributed by atoms with Gasteiger partial charge in [0.1, 0.15) is 19.3 Å². The third-order valence-corrected chi connectivity index (χ3v) is 2.02. The van der Waals surface area contributed by atoms with E-state index in [0.29, 0.717) is 0 Å². The zero-order chi connectivity index (χ0) is 13.6. The van der Waals surface area contributed by atoms with E-state index >= 15 is 0 Å². The third-order valence-electron chi connectivity index (χ3n) is 2.02. The summed E-state index contributed by atoms with van der Waals surface area (Å²) in [4.78, 5) is 22.9. The molecule has 5 nitrogen and oxygen atoms in total. The Morgan fingerprint density at radius 2 is 1.94 bits per heavy atom. The molecule has 0 aromatic carbocycles. The number of carbonyl (C=O) groups excluding carboxylic acids is 1. The van der Waals surface area contributed by atoms with Crippen LogP contribution < -0.4 is 0 Å². The van der Waals surface area contributed by atoms with Crippen molar-refractivity contribution in [3.8, 4) is 0 Å². The Morgan fingerprint density at radius 1 is 1.41 bits per heavy atom. The lowest BCUT2D eigenvalue weighted by atomic mass is 10.2. The molecule has 0 aliphatic heterocycles. The van der Waals surface area contributed by atoms with Crippen molar-refractivity contribution in [3.05, 3.63) is 0 Å². The minimum absolute atomic E-state index is 0.164. The zero-order valence-electron chi connectivity index (χ0n) is 9.45. The summed E-state index contributed by atoms with van der Waals surface area (Å²) in [6, 6.07) is -1.06. The Labute approximate surface area is 96.1 Å². The Bertz CT molecular complexity index is 280. The lowest BCUT2D eigenvalue weighted by Crippen LogP contribution is -2.43. The Balaban J connectivity index is 4.18. The molecule has 0 heterocycles. The monoisotopic (exact) mass is 257 g/mol. The highest BCUT2D eigenvalue weighted by atomic mass is 19.4. The molecule has 1 amide bonds. The highest BCUT2D eigenvalue weighted by molar-refractivity contribution is 5.84. The van der Waals surface area contributed by atoms with Crippen molar-refractivity contribution < 1.29 is 32.6 Å². The number of amides is 1. The first-order valence-corrected chi connectivity index (χ1v) is 4.82. The molecule has 0 rings (SSSR count). The Morgan fingerprint density at radius 3 is 2.29 bits per heavy atom. The number of ether oxygens (including phenoxy) is 1. The first-order chi connectivity index (χ1) is 7.69. The molecule has 0 aliphatic carbocycles. The van der Waals surface area contributed by atoms with Crippen LogP contribution in [0.3, 0.4) is 0 Å². The average Bonchev–Trinajstić information content (AvgIpc) is 2.15. The standard InChI is InChI=1S/C9H14F3NO4/c1-3-6(8(15)16)13(2)7(14)4-17-5-9(10,11)12/h6H,3-5H2,1-2H3,(H,15,16). The van der Waals surface area contributed by atoms with Crippen LogP contribution in [0.2, 0.25) is 0 Å². The summed E-state index contributed by atoms with van der Waals surface area (Å²) in [5.74, 6) is -2.01. The van der Waals surface area contributed by atoms with E-state index in [9.17, 15) is 22.8 Å². The first-order valence-electron chi connectivity index (χ1n) is 4.82. The van der Waals surface area contributed by atoms with Gasteiger partial charge in [-0.05, 0) is 6.42 Å². The number of hydrogen-bond acceptors (Lipinski definition) is 3. The van der Waals surface area contributed by atoms with Crippen molar-refractivity contribution in [1.82, 2.24) is 4.90 Å². The Hall–Kier alpha value is -1.31. The van der Waals surface area contributed by atoms with E-state index in [0.717, 1.165) is 4.90 Å². The molecular formula is C9H14F3NO4. The van der Waals surface area contributed by atoms with Gasteiger partial charge in [0.05, 0.1) is 0 Å². The van der Waals surface area contributed by atoms with E-state index in [4.69, 9.17) is 5.11 Å². The van der Waals surface area contributed by atoms with E-state index in [1.165, 1.54) is 7.05 Å². The first kappa shape index (κ1) is 15.7. The van der Waals surface area contributed by atoms with Gasteiger partial charge in [-0.3, -0.25) is 4.79 Å². The van der Waals surface area contributed by atoms with E-state index in [1.807, 2.05) is 0 Å². The van der Waals surface area contributed by atoms with Crippen LogP contribution in [0.25, 0.3) is 0 Å². The summed E-state index contributed by atoms with van der Waals surface area (Å²) < 4.78 is 39.3. The SMILES string of the molecule is CCC(C(=O)O)N(C)C(=O)COCC(F)(F)F. The minimum Gasteiger partial charge on any atom is -0.480 e. The van der Waals surface area contributed by atoms with Crippen molar-refractivity contribution in [3.63, 3.8) is 0 Å². The van der Waals surface area contributed by atoms with Crippen LogP contribution in [-0.2, 0) is 14.3 Å². The molecule has 1 N–H and O–H groups in total. The van der Waals surface area contributed by atoms with Crippen LogP contribution in [-0.4, -0.2) is 54.4 Å². The van der Waals surface area contributed by atoms with E-state index in [-0.39, 0.29) is 6.42 Å². The maximum atomic E-state index is 11.7. The van der Waals surface area contributed by atoms with Gasteiger partial charge < -0.3 is 14.7 Å². The number of carboxylic acid groups (broad SMARTS) is 1. The van der Waals surface area contributed by atoms with Crippen molar-refractivity contribution in [2.24, 2.45) is 0 Å². The average molecular weight is 257 g/mol. The predicted molar refractivity (Wildman–Crippen MR) is 51.4 cm³/mol. The predicted octanol–water partition coefficient (Wildman–Crippen LogP) is 0.887. The summed E-state index contributed by atoms with van der Waals surface area (Å²) in [5, 5.41) is 8.73. The van der Waals surface area contributed by atoms with Gasteiger partial charge in [-0.15, -0.1) is 0 Å². The topological polar surface area (TPSA) is 66.8 Å². The number of rotatable bonds is 6. The molecule has 0 aromatic heterocycles. The maximum Gasteiger partial charge on any atom is 0.411 e. The molecule has 0 radical (unpaired) electrons. The minimum atomic E-state index is -4.50. The molecule has 0 saturated carbocycles. The van der Waals surface area contributed by atoms with E-state index in [2.05, 4.69) is 4.74 Å². The van der Waals surface area contributed by atoms with Crippen LogP contribution in [0, 0.1) is 0 Å². The number of nitrogens with zero attached hydrogens (tertiary/aromatic N) is 1. The Kier molecular flexibility index (Phi) is 5.94. The molecule has 1 unspecified atom stereocenters. The van der Waals surface area contributed by atoms with E-state index < -0.39 is 37.3 Å². The second-order valence-electron chi connectivity index (χ2n) is 3.37. The van der Waals surface area contributed by atoms with Gasteiger partial charge in [0.25, 0.3) is 0 Å². The molecule has 0 bridgehead atoms. The van der Waals surface area contributed by atoms with Gasteiger partial charge in [0.2, 0.25) is 5.91 Å². The van der Waals surface area contributed by atoms with Crippen molar-refractivity contribution in [2.75, 3.05) is 20.3 Å². The molecule has 0 aromatic rings. The number of aliphatic carboxylic acids is 1. The molecular weight excluding hydrogens is 243 g/mol. The lowest BCUT2D eigenvalue weighted by Gasteiger charge is -2.23. The summed E-state index contributed by atoms with van der Waals surface area (Å²) in [7, 11) is 1.21. The molecule has 0 aliphatic rings. The van der Waals surface area contributed by atoms with Crippen molar-refractivity contribution in [2.45, 2.75) is 25.6 Å². The van der Waals surface area contributed by atoms with Crippen LogP contribution >= 0.6 is 0 Å². The number of alkyl halides is 3. The smallest absolute Gasteiger partial charge is 0.411 e. The van der Waals surface area contributed by atoms with E-state index in [1.54, 1.807) is 6.92 Å². The number of carboxylic acids is 1. The van der Waals surface area contributed by atoms with Crippen LogP contribution in [0.1, 0.15) is 13.3 Å². The second kappa shape index (κ2) is 6.43. The molecule has 0 fully saturated rings. The summed E-state index contributed by atoms with van der Waals surface area (Å²) >= 11 is 0. The van der Waals surface area contributed by atoms with Gasteiger partial charge in [-0.2, -0.15) is 13.2 Å². The summed E-state index contributed by atoms with van der Waals surface area (Å²) in [5.41, 5.74) is 0. The molecule has 0 saturated heterocycles. The lowest BCUT2D eigenvalue weighted by molar-refractivity contribution is -0.178.